The van der Waals surface area contributed by atoms with Crippen molar-refractivity contribution in [2.24, 2.45) is 0 Å². The van der Waals surface area contributed by atoms with Crippen LogP contribution in [0.25, 0.3) is 22.2 Å². The van der Waals surface area contributed by atoms with Gasteiger partial charge in [0.2, 0.25) is 5.82 Å². The van der Waals surface area contributed by atoms with E-state index in [-0.39, 0.29) is 11.6 Å². The molecule has 0 saturated heterocycles. The molecule has 0 bridgehead atoms. The highest BCUT2D eigenvalue weighted by atomic mass is 16.6. The molecule has 0 radical (unpaired) electrons. The normalized spacial score (nSPS) is 10.9. The van der Waals surface area contributed by atoms with Gasteiger partial charge in [-0.1, -0.05) is 12.1 Å². The number of anilines is 1. The highest BCUT2D eigenvalue weighted by molar-refractivity contribution is 6.07. The minimum Gasteiger partial charge on any atom is -0.493 e. The lowest BCUT2D eigenvalue weighted by Crippen LogP contribution is -2.13. The van der Waals surface area contributed by atoms with Gasteiger partial charge in [-0.3, -0.25) is 10.1 Å². The van der Waals surface area contributed by atoms with E-state index in [1.807, 2.05) is 32.0 Å². The van der Waals surface area contributed by atoms with Gasteiger partial charge in [-0.25, -0.2) is 4.63 Å². The predicted octanol–water partition coefficient (Wildman–Crippen LogP) is 4.37. The van der Waals surface area contributed by atoms with E-state index in [0.717, 1.165) is 16.5 Å². The van der Waals surface area contributed by atoms with Crippen molar-refractivity contribution in [3.05, 3.63) is 53.3 Å². The fourth-order valence-electron chi connectivity index (χ4n) is 3.16. The number of hydrogen-bond acceptors (Lipinski definition) is 7. The summed E-state index contributed by atoms with van der Waals surface area (Å²) in [6.07, 6.45) is 0. The molecule has 0 unspecified atom stereocenters. The molecule has 29 heavy (non-hydrogen) atoms. The number of hydrogen-bond donors (Lipinski definition) is 1. The first-order valence-electron chi connectivity index (χ1n) is 8.88. The Hall–Kier alpha value is -3.81. The first-order valence-corrected chi connectivity index (χ1v) is 8.88. The van der Waals surface area contributed by atoms with Crippen LogP contribution in [0.2, 0.25) is 0 Å². The number of benzene rings is 2. The summed E-state index contributed by atoms with van der Waals surface area (Å²) in [7, 11) is 3.09. The molecule has 4 aromatic rings. The lowest BCUT2D eigenvalue weighted by Gasteiger charge is -2.08. The number of rotatable bonds is 5. The maximum Gasteiger partial charge on any atom is 0.292 e. The molecular weight excluding hydrogens is 374 g/mol. The Balaban J connectivity index is 1.66. The number of carbonyl (C=O) groups excluding carboxylic acids is 1. The number of methoxy groups -OCH3 is 2. The minimum atomic E-state index is -0.436. The second-order valence-corrected chi connectivity index (χ2v) is 6.54. The van der Waals surface area contributed by atoms with Crippen molar-refractivity contribution in [3.8, 4) is 22.8 Å². The van der Waals surface area contributed by atoms with Gasteiger partial charge >= 0.3 is 0 Å². The van der Waals surface area contributed by atoms with E-state index in [9.17, 15) is 4.79 Å². The predicted molar refractivity (Wildman–Crippen MR) is 106 cm³/mol. The van der Waals surface area contributed by atoms with Crippen LogP contribution in [0, 0.1) is 13.8 Å². The lowest BCUT2D eigenvalue weighted by atomic mass is 10.1. The monoisotopic (exact) mass is 393 g/mol. The molecule has 0 atom stereocenters. The number of aromatic nitrogens is 2. The SMILES string of the molecule is COc1ccc(-c2nonc2NC(=O)c2oc3cc(C)ccc3c2C)cc1OC. The van der Waals surface area contributed by atoms with Crippen molar-refractivity contribution in [2.75, 3.05) is 19.5 Å². The topological polar surface area (TPSA) is 99.6 Å². The van der Waals surface area contributed by atoms with Crippen molar-refractivity contribution in [1.29, 1.82) is 0 Å². The van der Waals surface area contributed by atoms with E-state index < -0.39 is 5.91 Å². The largest absolute Gasteiger partial charge is 0.493 e. The highest BCUT2D eigenvalue weighted by Crippen LogP contribution is 2.34. The van der Waals surface area contributed by atoms with Crippen LogP contribution in [0.1, 0.15) is 21.7 Å². The average Bonchev–Trinajstić information content (AvgIpc) is 3.31. The maximum absolute atomic E-state index is 12.8. The Morgan fingerprint density at radius 3 is 2.55 bits per heavy atom. The van der Waals surface area contributed by atoms with Crippen LogP contribution in [-0.4, -0.2) is 30.4 Å². The average molecular weight is 393 g/mol. The van der Waals surface area contributed by atoms with E-state index in [1.165, 1.54) is 7.11 Å². The summed E-state index contributed by atoms with van der Waals surface area (Å²) >= 11 is 0. The number of ether oxygens (including phenoxy) is 2. The van der Waals surface area contributed by atoms with Crippen LogP contribution in [-0.2, 0) is 0 Å². The van der Waals surface area contributed by atoms with Crippen molar-refractivity contribution in [2.45, 2.75) is 13.8 Å². The van der Waals surface area contributed by atoms with E-state index in [4.69, 9.17) is 18.5 Å². The number of aryl methyl sites for hydroxylation is 2. The van der Waals surface area contributed by atoms with Gasteiger partial charge in [0.15, 0.2) is 23.0 Å². The number of furan rings is 1. The zero-order valence-electron chi connectivity index (χ0n) is 16.4. The van der Waals surface area contributed by atoms with E-state index >= 15 is 0 Å². The summed E-state index contributed by atoms with van der Waals surface area (Å²) in [6, 6.07) is 11.0. The molecule has 148 valence electrons. The Morgan fingerprint density at radius 1 is 1.00 bits per heavy atom. The third-order valence-electron chi connectivity index (χ3n) is 4.68. The zero-order chi connectivity index (χ0) is 20.5. The molecule has 8 nitrogen and oxygen atoms in total. The maximum atomic E-state index is 12.8. The van der Waals surface area contributed by atoms with Crippen LogP contribution in [0.3, 0.4) is 0 Å². The summed E-state index contributed by atoms with van der Waals surface area (Å²) in [5, 5.41) is 11.3. The second-order valence-electron chi connectivity index (χ2n) is 6.54. The highest BCUT2D eigenvalue weighted by Gasteiger charge is 2.22. The molecule has 0 fully saturated rings. The molecular formula is C21H19N3O5. The van der Waals surface area contributed by atoms with Gasteiger partial charge in [0.25, 0.3) is 5.91 Å². The first-order chi connectivity index (χ1) is 14.0. The van der Waals surface area contributed by atoms with E-state index in [2.05, 4.69) is 15.6 Å². The third-order valence-corrected chi connectivity index (χ3v) is 4.68. The number of nitrogens with zero attached hydrogens (tertiary/aromatic N) is 2. The van der Waals surface area contributed by atoms with Crippen molar-refractivity contribution < 1.29 is 23.3 Å². The molecule has 0 spiro atoms. The minimum absolute atomic E-state index is 0.179. The molecule has 0 saturated carbocycles. The fourth-order valence-corrected chi connectivity index (χ4v) is 3.16. The number of amides is 1. The molecule has 1 amide bonds. The molecule has 8 heteroatoms. The molecule has 1 N–H and O–H groups in total. The molecule has 0 aliphatic carbocycles. The van der Waals surface area contributed by atoms with Crippen LogP contribution >= 0.6 is 0 Å². The van der Waals surface area contributed by atoms with Gasteiger partial charge in [-0.15, -0.1) is 0 Å². The quantitative estimate of drug-likeness (QED) is 0.537. The fraction of sp³-hybridized carbons (Fsp3) is 0.190. The van der Waals surface area contributed by atoms with Gasteiger partial charge in [0, 0.05) is 16.5 Å². The van der Waals surface area contributed by atoms with Crippen molar-refractivity contribution in [1.82, 2.24) is 10.3 Å². The Morgan fingerprint density at radius 2 is 1.79 bits per heavy atom. The Labute approximate surface area is 166 Å². The van der Waals surface area contributed by atoms with Crippen LogP contribution in [0.5, 0.6) is 11.5 Å². The molecule has 0 aliphatic heterocycles. The number of nitrogens with one attached hydrogen (secondary N) is 1. The van der Waals surface area contributed by atoms with Gasteiger partial charge < -0.3 is 13.9 Å². The number of carbonyl (C=O) groups is 1. The molecule has 0 aliphatic rings. The van der Waals surface area contributed by atoms with E-state index in [0.29, 0.717) is 28.3 Å². The summed E-state index contributed by atoms with van der Waals surface area (Å²) < 4.78 is 21.2. The second kappa shape index (κ2) is 7.31. The van der Waals surface area contributed by atoms with Crippen LogP contribution in [0.4, 0.5) is 5.82 Å². The molecule has 2 heterocycles. The first kappa shape index (κ1) is 18.5. The van der Waals surface area contributed by atoms with Crippen LogP contribution in [0.15, 0.2) is 45.4 Å². The zero-order valence-corrected chi connectivity index (χ0v) is 16.4. The van der Waals surface area contributed by atoms with Gasteiger partial charge in [0.1, 0.15) is 5.58 Å². The summed E-state index contributed by atoms with van der Waals surface area (Å²) in [5.74, 6) is 1.05. The van der Waals surface area contributed by atoms with Gasteiger partial charge in [-0.2, -0.15) is 0 Å². The Kier molecular flexibility index (Phi) is 4.67. The standard InChI is InChI=1S/C21H19N3O5/c1-11-5-7-14-12(2)19(28-16(14)9-11)21(25)22-20-18(23-29-24-20)13-6-8-15(26-3)17(10-13)27-4/h5-10H,1-4H3,(H,22,24,25). The van der Waals surface area contributed by atoms with Crippen molar-refractivity contribution in [3.63, 3.8) is 0 Å². The molecule has 4 rings (SSSR count). The summed E-state index contributed by atoms with van der Waals surface area (Å²) in [4.78, 5) is 12.8. The molecule has 2 aromatic heterocycles. The van der Waals surface area contributed by atoms with Gasteiger partial charge in [0.05, 0.1) is 14.2 Å². The third kappa shape index (κ3) is 3.29. The van der Waals surface area contributed by atoms with Crippen molar-refractivity contribution >= 4 is 22.7 Å². The smallest absolute Gasteiger partial charge is 0.292 e. The molecule has 2 aromatic carbocycles. The Bertz CT molecular complexity index is 1210. The van der Waals surface area contributed by atoms with Crippen LogP contribution < -0.4 is 14.8 Å². The van der Waals surface area contributed by atoms with E-state index in [1.54, 1.807) is 25.3 Å². The number of fused-ring (bicyclic) bond motifs is 1. The summed E-state index contributed by atoms with van der Waals surface area (Å²) in [5.41, 5.74) is 3.47. The summed E-state index contributed by atoms with van der Waals surface area (Å²) in [6.45, 7) is 3.81. The lowest BCUT2D eigenvalue weighted by molar-refractivity contribution is 0.0997. The van der Waals surface area contributed by atoms with Gasteiger partial charge in [-0.05, 0) is 54.0 Å².